The molecular formula is C25H15Cl2FN2O6. The van der Waals surface area contributed by atoms with E-state index in [9.17, 15) is 23.6 Å². The van der Waals surface area contributed by atoms with Crippen LogP contribution in [0.5, 0.6) is 5.75 Å². The van der Waals surface area contributed by atoms with Crippen molar-refractivity contribution in [2.45, 2.75) is 6.61 Å². The number of hydrogen-bond donors (Lipinski definition) is 2. The highest BCUT2D eigenvalue weighted by molar-refractivity contribution is 6.40. The normalized spacial score (nSPS) is 14.7. The van der Waals surface area contributed by atoms with Crippen LogP contribution in [0.4, 0.5) is 14.9 Å². The van der Waals surface area contributed by atoms with Crippen LogP contribution >= 0.6 is 23.2 Å². The van der Waals surface area contributed by atoms with Gasteiger partial charge < -0.3 is 9.84 Å². The molecule has 1 fully saturated rings. The summed E-state index contributed by atoms with van der Waals surface area (Å²) in [5.41, 5.74) is 0.809. The Labute approximate surface area is 213 Å². The zero-order chi connectivity index (χ0) is 26.0. The van der Waals surface area contributed by atoms with Gasteiger partial charge in [0, 0.05) is 0 Å². The molecule has 1 heterocycles. The third kappa shape index (κ3) is 5.22. The first-order chi connectivity index (χ1) is 17.1. The quantitative estimate of drug-likeness (QED) is 0.341. The Bertz CT molecular complexity index is 1400. The van der Waals surface area contributed by atoms with Gasteiger partial charge in [-0.2, -0.15) is 0 Å². The van der Waals surface area contributed by atoms with Crippen molar-refractivity contribution in [3.63, 3.8) is 0 Å². The van der Waals surface area contributed by atoms with Crippen LogP contribution in [-0.4, -0.2) is 28.9 Å². The van der Waals surface area contributed by atoms with E-state index in [0.29, 0.717) is 10.5 Å². The van der Waals surface area contributed by atoms with Crippen molar-refractivity contribution < 1.29 is 33.4 Å². The summed E-state index contributed by atoms with van der Waals surface area (Å²) in [5.74, 6) is -3.29. The Kier molecular flexibility index (Phi) is 7.05. The Morgan fingerprint density at radius 3 is 2.19 bits per heavy atom. The van der Waals surface area contributed by atoms with Gasteiger partial charge in [0.2, 0.25) is 0 Å². The topological polar surface area (TPSA) is 113 Å². The van der Waals surface area contributed by atoms with Crippen LogP contribution in [0.2, 0.25) is 10.0 Å². The third-order valence-electron chi connectivity index (χ3n) is 5.10. The minimum atomic E-state index is -1.05. The number of hydrogen-bond acceptors (Lipinski definition) is 5. The Hall–Kier alpha value is -4.21. The van der Waals surface area contributed by atoms with Crippen LogP contribution in [0.25, 0.3) is 6.08 Å². The summed E-state index contributed by atoms with van der Waals surface area (Å²) in [6, 6.07) is 12.5. The van der Waals surface area contributed by atoms with Crippen molar-refractivity contribution in [3.05, 3.63) is 98.8 Å². The number of halogens is 3. The third-order valence-corrected chi connectivity index (χ3v) is 5.66. The SMILES string of the molecule is O=C1NC(=O)N(c2ccc(F)cc2)C(=O)/C1=C/c1cc(Cl)c(OCc2ccc(C(=O)O)cc2)c(Cl)c1. The lowest BCUT2D eigenvalue weighted by Gasteiger charge is -2.26. The van der Waals surface area contributed by atoms with E-state index in [1.54, 1.807) is 12.1 Å². The number of urea groups is 1. The summed E-state index contributed by atoms with van der Waals surface area (Å²) < 4.78 is 18.9. The van der Waals surface area contributed by atoms with Crippen molar-refractivity contribution in [1.82, 2.24) is 5.32 Å². The number of amides is 4. The number of carboxylic acid groups (broad SMARTS) is 1. The van der Waals surface area contributed by atoms with Crippen LogP contribution in [-0.2, 0) is 16.2 Å². The van der Waals surface area contributed by atoms with E-state index >= 15 is 0 Å². The van der Waals surface area contributed by atoms with Crippen molar-refractivity contribution >= 4 is 58.8 Å². The summed E-state index contributed by atoms with van der Waals surface area (Å²) in [7, 11) is 0. The number of carbonyl (C=O) groups is 4. The van der Waals surface area contributed by atoms with E-state index in [1.807, 2.05) is 0 Å². The van der Waals surface area contributed by atoms with Gasteiger partial charge in [-0.25, -0.2) is 18.9 Å². The summed E-state index contributed by atoms with van der Waals surface area (Å²) in [6.07, 6.45) is 1.22. The maximum atomic E-state index is 13.3. The highest BCUT2D eigenvalue weighted by Crippen LogP contribution is 2.36. The van der Waals surface area contributed by atoms with Crippen molar-refractivity contribution in [2.75, 3.05) is 4.90 Å². The minimum Gasteiger partial charge on any atom is -0.486 e. The molecule has 3 aromatic rings. The molecule has 0 unspecified atom stereocenters. The molecule has 4 rings (SSSR count). The molecule has 11 heteroatoms. The van der Waals surface area contributed by atoms with Gasteiger partial charge in [-0.05, 0) is 65.7 Å². The summed E-state index contributed by atoms with van der Waals surface area (Å²) in [4.78, 5) is 49.3. The Morgan fingerprint density at radius 1 is 1.00 bits per heavy atom. The molecule has 36 heavy (non-hydrogen) atoms. The first kappa shape index (κ1) is 24.9. The zero-order valence-electron chi connectivity index (χ0n) is 18.1. The summed E-state index contributed by atoms with van der Waals surface area (Å²) in [6.45, 7) is 0.0510. The summed E-state index contributed by atoms with van der Waals surface area (Å²) >= 11 is 12.6. The number of imide groups is 2. The molecule has 0 bridgehead atoms. The van der Waals surface area contributed by atoms with Gasteiger partial charge in [-0.1, -0.05) is 35.3 Å². The van der Waals surface area contributed by atoms with Crippen LogP contribution in [0.15, 0.2) is 66.2 Å². The van der Waals surface area contributed by atoms with E-state index in [-0.39, 0.29) is 44.8 Å². The van der Waals surface area contributed by atoms with E-state index in [4.69, 9.17) is 33.0 Å². The molecule has 3 aromatic carbocycles. The number of rotatable bonds is 6. The van der Waals surface area contributed by atoms with Crippen LogP contribution in [0, 0.1) is 5.82 Å². The average molecular weight is 529 g/mol. The second kappa shape index (κ2) is 10.2. The lowest BCUT2D eigenvalue weighted by atomic mass is 10.1. The lowest BCUT2D eigenvalue weighted by molar-refractivity contribution is -0.122. The molecule has 0 radical (unpaired) electrons. The lowest BCUT2D eigenvalue weighted by Crippen LogP contribution is -2.54. The fourth-order valence-corrected chi connectivity index (χ4v) is 3.96. The molecule has 8 nitrogen and oxygen atoms in total. The highest BCUT2D eigenvalue weighted by atomic mass is 35.5. The zero-order valence-corrected chi connectivity index (χ0v) is 19.6. The molecular weight excluding hydrogens is 514 g/mol. The van der Waals surface area contributed by atoms with Crippen LogP contribution in [0.3, 0.4) is 0 Å². The average Bonchev–Trinajstić information content (AvgIpc) is 2.82. The number of aromatic carboxylic acids is 1. The Morgan fingerprint density at radius 2 is 1.61 bits per heavy atom. The van der Waals surface area contributed by atoms with Gasteiger partial charge in [-0.15, -0.1) is 0 Å². The first-order valence-corrected chi connectivity index (χ1v) is 11.0. The minimum absolute atomic E-state index is 0.0510. The van der Waals surface area contributed by atoms with Gasteiger partial charge in [0.25, 0.3) is 11.8 Å². The number of carbonyl (C=O) groups excluding carboxylic acids is 3. The predicted molar refractivity (Wildman–Crippen MR) is 130 cm³/mol. The number of carboxylic acids is 1. The molecule has 4 amide bonds. The van der Waals surface area contributed by atoms with E-state index in [1.165, 1.54) is 42.5 Å². The number of benzene rings is 3. The number of nitrogens with zero attached hydrogens (tertiary/aromatic N) is 1. The van der Waals surface area contributed by atoms with Gasteiger partial charge >= 0.3 is 12.0 Å². The summed E-state index contributed by atoms with van der Waals surface area (Å²) in [5, 5.41) is 11.2. The predicted octanol–water partition coefficient (Wildman–Crippen LogP) is 5.08. The molecule has 182 valence electrons. The largest absolute Gasteiger partial charge is 0.486 e. The molecule has 0 atom stereocenters. The highest BCUT2D eigenvalue weighted by Gasteiger charge is 2.36. The smallest absolute Gasteiger partial charge is 0.335 e. The van der Waals surface area contributed by atoms with Gasteiger partial charge in [0.15, 0.2) is 5.75 Å². The van der Waals surface area contributed by atoms with Crippen LogP contribution in [0.1, 0.15) is 21.5 Å². The molecule has 1 aliphatic heterocycles. The fourth-order valence-electron chi connectivity index (χ4n) is 3.35. The molecule has 1 saturated heterocycles. The molecule has 1 aliphatic rings. The number of nitrogens with one attached hydrogen (secondary N) is 1. The second-order valence-electron chi connectivity index (χ2n) is 7.54. The fraction of sp³-hybridized carbons (Fsp3) is 0.0400. The molecule has 2 N–H and O–H groups in total. The standard InChI is InChI=1S/C25H15Cl2FN2O6/c26-19-10-14(11-20(27)21(19)36-12-13-1-3-15(4-2-13)24(33)34)9-18-22(31)29-25(35)30(23(18)32)17-7-5-16(28)6-8-17/h1-11H,12H2,(H,33,34)(H,29,31,35)/b18-9+. The monoisotopic (exact) mass is 528 g/mol. The van der Waals surface area contributed by atoms with Crippen molar-refractivity contribution in [1.29, 1.82) is 0 Å². The number of anilines is 1. The molecule has 0 spiro atoms. The van der Waals surface area contributed by atoms with E-state index in [0.717, 1.165) is 12.1 Å². The van der Waals surface area contributed by atoms with Crippen LogP contribution < -0.4 is 15.0 Å². The van der Waals surface area contributed by atoms with Gasteiger partial charge in [-0.3, -0.25) is 14.9 Å². The number of barbiturate groups is 1. The van der Waals surface area contributed by atoms with Crippen molar-refractivity contribution in [3.8, 4) is 5.75 Å². The van der Waals surface area contributed by atoms with E-state index < -0.39 is 29.6 Å². The maximum Gasteiger partial charge on any atom is 0.335 e. The van der Waals surface area contributed by atoms with Gasteiger partial charge in [0.05, 0.1) is 21.3 Å². The molecule has 0 saturated carbocycles. The van der Waals surface area contributed by atoms with Crippen molar-refractivity contribution in [2.24, 2.45) is 0 Å². The molecule has 0 aliphatic carbocycles. The second-order valence-corrected chi connectivity index (χ2v) is 8.35. The Balaban J connectivity index is 1.57. The molecule has 0 aromatic heterocycles. The number of ether oxygens (including phenoxy) is 1. The van der Waals surface area contributed by atoms with E-state index in [2.05, 4.69) is 5.32 Å². The first-order valence-electron chi connectivity index (χ1n) is 10.2. The van der Waals surface area contributed by atoms with Gasteiger partial charge in [0.1, 0.15) is 18.0 Å². The maximum absolute atomic E-state index is 13.3.